The van der Waals surface area contributed by atoms with Gasteiger partial charge in [-0.3, -0.25) is 4.68 Å². The Morgan fingerprint density at radius 3 is 2.61 bits per heavy atom. The normalized spacial score (nSPS) is 13.0. The third-order valence-electron chi connectivity index (χ3n) is 3.92. The van der Waals surface area contributed by atoms with Crippen molar-refractivity contribution in [2.45, 2.75) is 46.6 Å². The van der Waals surface area contributed by atoms with E-state index in [9.17, 15) is 0 Å². The monoisotopic (exact) mass is 312 g/mol. The van der Waals surface area contributed by atoms with E-state index in [0.29, 0.717) is 5.92 Å². The third kappa shape index (κ3) is 3.21. The summed E-state index contributed by atoms with van der Waals surface area (Å²) in [4.78, 5) is 4.69. The van der Waals surface area contributed by atoms with Gasteiger partial charge < -0.3 is 5.32 Å². The molecule has 0 aliphatic carbocycles. The van der Waals surface area contributed by atoms with Gasteiger partial charge in [-0.2, -0.15) is 14.7 Å². The summed E-state index contributed by atoms with van der Waals surface area (Å²) >= 11 is 0. The zero-order chi connectivity index (χ0) is 16.6. The molecule has 3 rings (SSSR count). The second kappa shape index (κ2) is 6.02. The molecule has 0 aliphatic rings. The highest BCUT2D eigenvalue weighted by Gasteiger charge is 2.12. The molecule has 6 heteroatoms. The molecule has 122 valence electrons. The van der Waals surface area contributed by atoms with Gasteiger partial charge in [-0.05, 0) is 32.3 Å². The summed E-state index contributed by atoms with van der Waals surface area (Å²) in [6, 6.07) is 4.36. The molecule has 0 amide bonds. The fourth-order valence-electron chi connectivity index (χ4n) is 2.55. The molecule has 6 nitrogen and oxygen atoms in total. The van der Waals surface area contributed by atoms with Gasteiger partial charge in [0.05, 0.1) is 17.9 Å². The van der Waals surface area contributed by atoms with Gasteiger partial charge in [0.25, 0.3) is 0 Å². The maximum Gasteiger partial charge on any atom is 0.157 e. The number of hydrogen-bond donors (Lipinski definition) is 1. The number of aryl methyl sites for hydroxylation is 2. The molecular formula is C17H24N6. The van der Waals surface area contributed by atoms with Gasteiger partial charge in [0.15, 0.2) is 5.65 Å². The molecule has 0 fully saturated rings. The van der Waals surface area contributed by atoms with Crippen LogP contribution >= 0.6 is 0 Å². The predicted octanol–water partition coefficient (Wildman–Crippen LogP) is 3.34. The summed E-state index contributed by atoms with van der Waals surface area (Å²) in [6.45, 7) is 11.3. The van der Waals surface area contributed by atoms with Crippen LogP contribution in [0.15, 0.2) is 24.5 Å². The van der Waals surface area contributed by atoms with Gasteiger partial charge in [-0.25, -0.2) is 4.98 Å². The van der Waals surface area contributed by atoms with Crippen LogP contribution in [0.5, 0.6) is 0 Å². The number of nitrogens with one attached hydrogen (secondary N) is 1. The molecule has 0 aliphatic heterocycles. The van der Waals surface area contributed by atoms with Crippen molar-refractivity contribution in [1.82, 2.24) is 24.4 Å². The topological polar surface area (TPSA) is 60.0 Å². The molecule has 0 spiro atoms. The van der Waals surface area contributed by atoms with Crippen molar-refractivity contribution in [3.05, 3.63) is 41.5 Å². The highest BCUT2D eigenvalue weighted by molar-refractivity contribution is 5.51. The van der Waals surface area contributed by atoms with Crippen LogP contribution in [0.1, 0.15) is 49.7 Å². The van der Waals surface area contributed by atoms with Gasteiger partial charge in [0, 0.05) is 30.6 Å². The highest BCUT2D eigenvalue weighted by atomic mass is 15.3. The molecule has 23 heavy (non-hydrogen) atoms. The molecule has 1 N–H and O–H groups in total. The van der Waals surface area contributed by atoms with Crippen LogP contribution in [0.3, 0.4) is 0 Å². The fraction of sp³-hybridized carbons (Fsp3) is 0.471. The summed E-state index contributed by atoms with van der Waals surface area (Å²) in [5.74, 6) is 1.35. The number of nitrogens with zero attached hydrogens (tertiary/aromatic N) is 5. The van der Waals surface area contributed by atoms with Gasteiger partial charge in [-0.15, -0.1) is 0 Å². The SMILES string of the molecule is Cc1cnn(C(C)CNc2cc(C(C)C)nc3cc(C)nn23)c1. The van der Waals surface area contributed by atoms with Gasteiger partial charge >= 0.3 is 0 Å². The largest absolute Gasteiger partial charge is 0.368 e. The second-order valence-electron chi connectivity index (χ2n) is 6.50. The Labute approximate surface area is 136 Å². The lowest BCUT2D eigenvalue weighted by Crippen LogP contribution is -2.18. The van der Waals surface area contributed by atoms with Crippen molar-refractivity contribution in [2.75, 3.05) is 11.9 Å². The predicted molar refractivity (Wildman–Crippen MR) is 92.0 cm³/mol. The molecular weight excluding hydrogens is 288 g/mol. The van der Waals surface area contributed by atoms with Crippen LogP contribution in [0.4, 0.5) is 5.82 Å². The summed E-state index contributed by atoms with van der Waals surface area (Å²) in [5.41, 5.74) is 4.10. The summed E-state index contributed by atoms with van der Waals surface area (Å²) in [6.07, 6.45) is 3.95. The molecule has 0 bridgehead atoms. The molecule has 0 saturated heterocycles. The van der Waals surface area contributed by atoms with Gasteiger partial charge in [-0.1, -0.05) is 13.8 Å². The van der Waals surface area contributed by atoms with E-state index in [0.717, 1.165) is 29.4 Å². The lowest BCUT2D eigenvalue weighted by Gasteiger charge is -2.16. The number of hydrogen-bond acceptors (Lipinski definition) is 4. The molecule has 0 radical (unpaired) electrons. The zero-order valence-corrected chi connectivity index (χ0v) is 14.4. The van der Waals surface area contributed by atoms with E-state index in [1.54, 1.807) is 0 Å². The molecule has 0 saturated carbocycles. The first-order valence-corrected chi connectivity index (χ1v) is 8.06. The van der Waals surface area contributed by atoms with Crippen LogP contribution in [0.2, 0.25) is 0 Å². The zero-order valence-electron chi connectivity index (χ0n) is 14.4. The Hall–Kier alpha value is -2.37. The quantitative estimate of drug-likeness (QED) is 0.785. The number of rotatable bonds is 5. The van der Waals surface area contributed by atoms with E-state index < -0.39 is 0 Å². The van der Waals surface area contributed by atoms with E-state index in [1.165, 1.54) is 5.56 Å². The number of fused-ring (bicyclic) bond motifs is 1. The van der Waals surface area contributed by atoms with E-state index in [-0.39, 0.29) is 6.04 Å². The Balaban J connectivity index is 1.86. The fourth-order valence-corrected chi connectivity index (χ4v) is 2.55. The minimum absolute atomic E-state index is 0.256. The Bertz CT molecular complexity index is 814. The number of aromatic nitrogens is 5. The van der Waals surface area contributed by atoms with Crippen LogP contribution in [-0.4, -0.2) is 30.9 Å². The van der Waals surface area contributed by atoms with Crippen molar-refractivity contribution >= 4 is 11.5 Å². The summed E-state index contributed by atoms with van der Waals surface area (Å²) in [5, 5.41) is 12.4. The minimum Gasteiger partial charge on any atom is -0.368 e. The molecule has 0 aromatic carbocycles. The lowest BCUT2D eigenvalue weighted by molar-refractivity contribution is 0.511. The first-order valence-electron chi connectivity index (χ1n) is 8.06. The molecule has 1 atom stereocenters. The van der Waals surface area contributed by atoms with Crippen LogP contribution in [0, 0.1) is 13.8 Å². The molecule has 3 aromatic rings. The Morgan fingerprint density at radius 1 is 1.17 bits per heavy atom. The van der Waals surface area contributed by atoms with Crippen LogP contribution < -0.4 is 5.32 Å². The lowest BCUT2D eigenvalue weighted by atomic mass is 10.1. The van der Waals surface area contributed by atoms with Crippen LogP contribution in [0.25, 0.3) is 5.65 Å². The average Bonchev–Trinajstić information content (AvgIpc) is 3.08. The minimum atomic E-state index is 0.256. The number of anilines is 1. The van der Waals surface area contributed by atoms with Crippen molar-refractivity contribution in [2.24, 2.45) is 0 Å². The first-order chi connectivity index (χ1) is 10.9. The van der Waals surface area contributed by atoms with Gasteiger partial charge in [0.1, 0.15) is 5.82 Å². The highest BCUT2D eigenvalue weighted by Crippen LogP contribution is 2.20. The standard InChI is InChI=1S/C17H24N6/c1-11(2)15-7-16(23-17(20-15)6-13(4)21-23)18-9-14(5)22-10-12(3)8-19-22/h6-8,10-11,14,18H,9H2,1-5H3. The van der Waals surface area contributed by atoms with E-state index in [1.807, 2.05) is 28.4 Å². The van der Waals surface area contributed by atoms with Crippen LogP contribution in [-0.2, 0) is 0 Å². The van der Waals surface area contributed by atoms with Crippen molar-refractivity contribution in [3.63, 3.8) is 0 Å². The van der Waals surface area contributed by atoms with E-state index >= 15 is 0 Å². The summed E-state index contributed by atoms with van der Waals surface area (Å²) in [7, 11) is 0. The third-order valence-corrected chi connectivity index (χ3v) is 3.92. The summed E-state index contributed by atoms with van der Waals surface area (Å²) < 4.78 is 3.86. The van der Waals surface area contributed by atoms with Crippen molar-refractivity contribution in [3.8, 4) is 0 Å². The molecule has 3 heterocycles. The average molecular weight is 312 g/mol. The Kier molecular flexibility index (Phi) is 4.07. The molecule has 1 unspecified atom stereocenters. The molecule has 3 aromatic heterocycles. The van der Waals surface area contributed by atoms with Crippen molar-refractivity contribution < 1.29 is 0 Å². The second-order valence-corrected chi connectivity index (χ2v) is 6.50. The Morgan fingerprint density at radius 2 is 1.96 bits per heavy atom. The maximum atomic E-state index is 4.69. The van der Waals surface area contributed by atoms with E-state index in [4.69, 9.17) is 0 Å². The maximum absolute atomic E-state index is 4.69. The van der Waals surface area contributed by atoms with Crippen molar-refractivity contribution in [1.29, 1.82) is 0 Å². The van der Waals surface area contributed by atoms with E-state index in [2.05, 4.69) is 60.5 Å². The van der Waals surface area contributed by atoms with Gasteiger partial charge in [0.2, 0.25) is 0 Å². The first kappa shape index (κ1) is 15.5. The smallest absolute Gasteiger partial charge is 0.157 e.